The van der Waals surface area contributed by atoms with Crippen molar-refractivity contribution >= 4 is 5.78 Å². The van der Waals surface area contributed by atoms with Gasteiger partial charge in [-0.3, -0.25) is 4.79 Å². The number of carbonyl (C=O) groups excluding carboxylic acids is 1. The molecule has 0 aliphatic carbocycles. The summed E-state index contributed by atoms with van der Waals surface area (Å²) in [4.78, 5) is 11.5. The highest BCUT2D eigenvalue weighted by molar-refractivity contribution is 5.78. The van der Waals surface area contributed by atoms with E-state index < -0.39 is 0 Å². The summed E-state index contributed by atoms with van der Waals surface area (Å²) in [7, 11) is 0. The topological polar surface area (TPSA) is 26.3 Å². The second-order valence-corrected chi connectivity index (χ2v) is 5.08. The lowest BCUT2D eigenvalue weighted by atomic mass is 9.83. The van der Waals surface area contributed by atoms with Gasteiger partial charge in [0.1, 0.15) is 5.78 Å². The highest BCUT2D eigenvalue weighted by atomic mass is 16.5. The van der Waals surface area contributed by atoms with Crippen LogP contribution in [0.2, 0.25) is 0 Å². The summed E-state index contributed by atoms with van der Waals surface area (Å²) >= 11 is 0. The Morgan fingerprint density at radius 1 is 1.29 bits per heavy atom. The predicted molar refractivity (Wildman–Crippen MR) is 55.2 cm³/mol. The van der Waals surface area contributed by atoms with Crippen molar-refractivity contribution in [1.29, 1.82) is 0 Å². The van der Waals surface area contributed by atoms with E-state index in [-0.39, 0.29) is 5.60 Å². The van der Waals surface area contributed by atoms with Gasteiger partial charge < -0.3 is 4.74 Å². The van der Waals surface area contributed by atoms with Crippen molar-refractivity contribution in [2.75, 3.05) is 0 Å². The van der Waals surface area contributed by atoms with Crippen LogP contribution in [0.5, 0.6) is 0 Å². The number of ether oxygens (including phenoxy) is 1. The molecule has 0 radical (unpaired) electrons. The number of carbonyl (C=O) groups is 1. The van der Waals surface area contributed by atoms with Gasteiger partial charge in [0, 0.05) is 12.8 Å². The number of ketones is 1. The molecule has 2 bridgehead atoms. The predicted octanol–water partition coefficient (Wildman–Crippen LogP) is 2.70. The Morgan fingerprint density at radius 2 is 2.07 bits per heavy atom. The van der Waals surface area contributed by atoms with Gasteiger partial charge >= 0.3 is 0 Å². The standard InChI is InChI=1S/C12H20O2/c1-9(2)12-7-5-10(13)3-4-11(14-12)6-8-12/h9,11H,3-8H2,1-2H3/t11-,12+/m0/s1. The van der Waals surface area contributed by atoms with E-state index in [9.17, 15) is 4.79 Å². The van der Waals surface area contributed by atoms with E-state index >= 15 is 0 Å². The average Bonchev–Trinajstić information content (AvgIpc) is 2.56. The third kappa shape index (κ3) is 1.72. The molecule has 0 aromatic carbocycles. The van der Waals surface area contributed by atoms with Crippen LogP contribution < -0.4 is 0 Å². The molecule has 2 saturated heterocycles. The van der Waals surface area contributed by atoms with Gasteiger partial charge in [-0.1, -0.05) is 13.8 Å². The fourth-order valence-electron chi connectivity index (χ4n) is 2.75. The van der Waals surface area contributed by atoms with Crippen molar-refractivity contribution in [3.63, 3.8) is 0 Å². The maximum Gasteiger partial charge on any atom is 0.133 e. The molecular weight excluding hydrogens is 176 g/mol. The van der Waals surface area contributed by atoms with Gasteiger partial charge in [0.2, 0.25) is 0 Å². The van der Waals surface area contributed by atoms with E-state index in [1.807, 2.05) is 0 Å². The van der Waals surface area contributed by atoms with E-state index in [1.54, 1.807) is 0 Å². The fraction of sp³-hybridized carbons (Fsp3) is 0.917. The van der Waals surface area contributed by atoms with Gasteiger partial charge in [-0.25, -0.2) is 0 Å². The number of hydrogen-bond donors (Lipinski definition) is 0. The van der Waals surface area contributed by atoms with Gasteiger partial charge in [0.05, 0.1) is 11.7 Å². The first-order valence-corrected chi connectivity index (χ1v) is 5.82. The molecule has 0 amide bonds. The molecule has 2 rings (SSSR count). The van der Waals surface area contributed by atoms with Crippen LogP contribution in [0.25, 0.3) is 0 Å². The molecule has 0 N–H and O–H groups in total. The normalized spacial score (nSPS) is 38.5. The molecule has 2 aliphatic heterocycles. The number of hydrogen-bond acceptors (Lipinski definition) is 2. The van der Waals surface area contributed by atoms with E-state index in [2.05, 4.69) is 13.8 Å². The Morgan fingerprint density at radius 3 is 2.79 bits per heavy atom. The molecule has 2 aliphatic rings. The quantitative estimate of drug-likeness (QED) is 0.644. The number of fused-ring (bicyclic) bond motifs is 2. The van der Waals surface area contributed by atoms with Gasteiger partial charge in [-0.2, -0.15) is 0 Å². The van der Waals surface area contributed by atoms with Gasteiger partial charge in [0.25, 0.3) is 0 Å². The van der Waals surface area contributed by atoms with Crippen molar-refractivity contribution in [2.24, 2.45) is 5.92 Å². The Bertz CT molecular complexity index is 234. The van der Waals surface area contributed by atoms with Gasteiger partial charge in [-0.05, 0) is 31.6 Å². The molecule has 2 heterocycles. The summed E-state index contributed by atoms with van der Waals surface area (Å²) in [6.45, 7) is 4.43. The second kappa shape index (κ2) is 3.65. The van der Waals surface area contributed by atoms with Crippen LogP contribution in [0, 0.1) is 5.92 Å². The first-order chi connectivity index (χ1) is 6.62. The molecule has 0 unspecified atom stereocenters. The molecule has 2 atom stereocenters. The van der Waals surface area contributed by atoms with E-state index in [4.69, 9.17) is 4.74 Å². The summed E-state index contributed by atoms with van der Waals surface area (Å²) in [6, 6.07) is 0. The minimum atomic E-state index is 0.0285. The largest absolute Gasteiger partial charge is 0.371 e. The molecule has 0 saturated carbocycles. The Balaban J connectivity index is 2.13. The van der Waals surface area contributed by atoms with Crippen LogP contribution in [-0.4, -0.2) is 17.5 Å². The summed E-state index contributed by atoms with van der Waals surface area (Å²) in [6.07, 6.45) is 6.03. The summed E-state index contributed by atoms with van der Waals surface area (Å²) < 4.78 is 6.15. The highest BCUT2D eigenvalue weighted by Crippen LogP contribution is 2.42. The maximum absolute atomic E-state index is 11.5. The third-order valence-corrected chi connectivity index (χ3v) is 3.92. The lowest BCUT2D eigenvalue weighted by molar-refractivity contribution is -0.128. The molecule has 0 spiro atoms. The first kappa shape index (κ1) is 10.2. The van der Waals surface area contributed by atoms with Crippen LogP contribution in [0.1, 0.15) is 52.4 Å². The van der Waals surface area contributed by atoms with E-state index in [1.165, 1.54) is 0 Å². The first-order valence-electron chi connectivity index (χ1n) is 5.82. The summed E-state index contributed by atoms with van der Waals surface area (Å²) in [5.74, 6) is 0.976. The zero-order chi connectivity index (χ0) is 10.2. The third-order valence-electron chi connectivity index (χ3n) is 3.92. The molecule has 80 valence electrons. The molecule has 0 aromatic heterocycles. The fourth-order valence-corrected chi connectivity index (χ4v) is 2.75. The van der Waals surface area contributed by atoms with Gasteiger partial charge in [-0.15, -0.1) is 0 Å². The smallest absolute Gasteiger partial charge is 0.133 e. The summed E-state index contributed by atoms with van der Waals surface area (Å²) in [5.41, 5.74) is 0.0285. The van der Waals surface area contributed by atoms with Crippen molar-refractivity contribution in [2.45, 2.75) is 64.1 Å². The average molecular weight is 196 g/mol. The minimum absolute atomic E-state index is 0.0285. The zero-order valence-corrected chi connectivity index (χ0v) is 9.21. The minimum Gasteiger partial charge on any atom is -0.371 e. The van der Waals surface area contributed by atoms with Crippen LogP contribution in [-0.2, 0) is 9.53 Å². The molecular formula is C12H20O2. The Labute approximate surface area is 86.0 Å². The van der Waals surface area contributed by atoms with Crippen LogP contribution in [0.3, 0.4) is 0 Å². The number of rotatable bonds is 1. The lowest BCUT2D eigenvalue weighted by Gasteiger charge is -2.34. The lowest BCUT2D eigenvalue weighted by Crippen LogP contribution is -2.37. The van der Waals surface area contributed by atoms with Crippen LogP contribution in [0.15, 0.2) is 0 Å². The summed E-state index contributed by atoms with van der Waals surface area (Å²) in [5, 5.41) is 0. The van der Waals surface area contributed by atoms with Crippen LogP contribution in [0.4, 0.5) is 0 Å². The zero-order valence-electron chi connectivity index (χ0n) is 9.21. The SMILES string of the molecule is CC(C)[C@@]12CCC(=O)CC[C@@H](CC1)O2. The van der Waals surface area contributed by atoms with Crippen LogP contribution >= 0.6 is 0 Å². The molecule has 14 heavy (non-hydrogen) atoms. The highest BCUT2D eigenvalue weighted by Gasteiger charge is 2.43. The van der Waals surface area contributed by atoms with Crippen molar-refractivity contribution < 1.29 is 9.53 Å². The van der Waals surface area contributed by atoms with E-state index in [0.29, 0.717) is 17.8 Å². The van der Waals surface area contributed by atoms with Crippen molar-refractivity contribution in [3.8, 4) is 0 Å². The van der Waals surface area contributed by atoms with Crippen molar-refractivity contribution in [1.82, 2.24) is 0 Å². The second-order valence-electron chi connectivity index (χ2n) is 5.08. The monoisotopic (exact) mass is 196 g/mol. The molecule has 2 nitrogen and oxygen atoms in total. The van der Waals surface area contributed by atoms with Gasteiger partial charge in [0.15, 0.2) is 0 Å². The molecule has 2 fully saturated rings. The van der Waals surface area contributed by atoms with Crippen molar-refractivity contribution in [3.05, 3.63) is 0 Å². The maximum atomic E-state index is 11.5. The molecule has 2 heteroatoms. The number of Topliss-reactive ketones (excluding diaryl/α,β-unsaturated/α-hetero) is 1. The molecule has 0 aromatic rings. The Kier molecular flexibility index (Phi) is 2.65. The Hall–Kier alpha value is -0.370. The van der Waals surface area contributed by atoms with E-state index in [0.717, 1.165) is 38.5 Å².